The van der Waals surface area contributed by atoms with Crippen LogP contribution in [0.2, 0.25) is 0 Å². The molecule has 0 spiro atoms. The van der Waals surface area contributed by atoms with Crippen LogP contribution in [0, 0.1) is 17.0 Å². The highest BCUT2D eigenvalue weighted by Gasteiger charge is 2.42. The lowest BCUT2D eigenvalue weighted by atomic mass is 9.68. The molecule has 0 fully saturated rings. The summed E-state index contributed by atoms with van der Waals surface area (Å²) in [5, 5.41) is 5.67. The number of carbonyl (C=O) groups is 2. The van der Waals surface area contributed by atoms with E-state index in [-0.39, 0.29) is 16.8 Å². The molecule has 0 unspecified atom stereocenters. The van der Waals surface area contributed by atoms with Crippen LogP contribution in [0.25, 0.3) is 0 Å². The molecule has 5 nitrogen and oxygen atoms in total. The van der Waals surface area contributed by atoms with Gasteiger partial charge < -0.3 is 15.5 Å². The number of dihydropyridines is 1. The molecule has 0 aromatic heterocycles. The summed E-state index contributed by atoms with van der Waals surface area (Å²) in [5.41, 5.74) is 3.20. The Labute approximate surface area is 198 Å². The van der Waals surface area contributed by atoms with Crippen LogP contribution < -0.4 is 15.5 Å². The van der Waals surface area contributed by atoms with Crippen molar-refractivity contribution in [3.63, 3.8) is 0 Å². The summed E-state index contributed by atoms with van der Waals surface area (Å²) in [6.07, 6.45) is 1.02. The van der Waals surface area contributed by atoms with Gasteiger partial charge in [0.05, 0.1) is 0 Å². The molecule has 0 saturated heterocycles. The number of hydrogen-bond acceptors (Lipinski definition) is 4. The van der Waals surface area contributed by atoms with Crippen LogP contribution in [0.5, 0.6) is 0 Å². The second-order valence-corrected chi connectivity index (χ2v) is 9.97. The van der Waals surface area contributed by atoms with Gasteiger partial charge in [-0.25, -0.2) is 8.78 Å². The van der Waals surface area contributed by atoms with Crippen LogP contribution >= 0.6 is 0 Å². The highest BCUT2D eigenvalue weighted by molar-refractivity contribution is 6.10. The van der Waals surface area contributed by atoms with Crippen molar-refractivity contribution in [1.29, 1.82) is 0 Å². The lowest BCUT2D eigenvalue weighted by molar-refractivity contribution is -0.118. The minimum absolute atomic E-state index is 0.0321. The number of allylic oxidation sites excluding steroid dienone is 3. The molecule has 7 heteroatoms. The van der Waals surface area contributed by atoms with Crippen LogP contribution in [0.4, 0.5) is 20.2 Å². The first-order valence-electron chi connectivity index (χ1n) is 11.2. The summed E-state index contributed by atoms with van der Waals surface area (Å²) in [7, 11) is 3.86. The number of amides is 1. The van der Waals surface area contributed by atoms with Gasteiger partial charge in [-0.05, 0) is 48.6 Å². The van der Waals surface area contributed by atoms with E-state index in [1.807, 2.05) is 57.1 Å². The molecule has 178 valence electrons. The van der Waals surface area contributed by atoms with Gasteiger partial charge in [0.2, 0.25) is 0 Å². The fourth-order valence-corrected chi connectivity index (χ4v) is 4.83. The van der Waals surface area contributed by atoms with Gasteiger partial charge >= 0.3 is 0 Å². The van der Waals surface area contributed by atoms with Crippen molar-refractivity contribution in [2.45, 2.75) is 39.5 Å². The predicted molar refractivity (Wildman–Crippen MR) is 129 cm³/mol. The van der Waals surface area contributed by atoms with E-state index in [1.54, 1.807) is 6.92 Å². The normalized spacial score (nSPS) is 19.5. The van der Waals surface area contributed by atoms with Gasteiger partial charge in [-0.3, -0.25) is 9.59 Å². The van der Waals surface area contributed by atoms with Gasteiger partial charge in [0, 0.05) is 54.7 Å². The van der Waals surface area contributed by atoms with E-state index < -0.39 is 29.1 Å². The quantitative estimate of drug-likeness (QED) is 0.646. The van der Waals surface area contributed by atoms with Crippen molar-refractivity contribution >= 4 is 23.1 Å². The number of nitrogens with one attached hydrogen (secondary N) is 2. The van der Waals surface area contributed by atoms with Crippen molar-refractivity contribution in [1.82, 2.24) is 5.32 Å². The van der Waals surface area contributed by atoms with E-state index in [0.29, 0.717) is 24.1 Å². The van der Waals surface area contributed by atoms with Gasteiger partial charge in [-0.2, -0.15) is 0 Å². The molecule has 1 aliphatic carbocycles. The Balaban J connectivity index is 1.82. The largest absolute Gasteiger partial charge is 0.378 e. The Morgan fingerprint density at radius 2 is 1.68 bits per heavy atom. The lowest BCUT2D eigenvalue weighted by Gasteiger charge is -2.39. The number of halogens is 2. The highest BCUT2D eigenvalue weighted by Crippen LogP contribution is 2.47. The fourth-order valence-electron chi connectivity index (χ4n) is 4.83. The molecule has 1 aliphatic heterocycles. The van der Waals surface area contributed by atoms with Gasteiger partial charge in [0.25, 0.3) is 5.91 Å². The third-order valence-electron chi connectivity index (χ3n) is 6.43. The van der Waals surface area contributed by atoms with Crippen LogP contribution in [-0.2, 0) is 9.59 Å². The van der Waals surface area contributed by atoms with Crippen LogP contribution in [0.15, 0.2) is 65.0 Å². The number of ketones is 1. The van der Waals surface area contributed by atoms with Crippen molar-refractivity contribution in [2.24, 2.45) is 5.41 Å². The monoisotopic (exact) mass is 465 g/mol. The maximum absolute atomic E-state index is 14.3. The minimum atomic E-state index is -0.863. The third-order valence-corrected chi connectivity index (χ3v) is 6.43. The first-order valence-corrected chi connectivity index (χ1v) is 11.2. The number of rotatable bonds is 4. The Bertz CT molecular complexity index is 1210. The molecule has 2 aromatic rings. The maximum atomic E-state index is 14.3. The predicted octanol–water partition coefficient (Wildman–Crippen LogP) is 5.27. The molecule has 4 rings (SSSR count). The van der Waals surface area contributed by atoms with E-state index >= 15 is 0 Å². The van der Waals surface area contributed by atoms with Crippen LogP contribution in [0.1, 0.15) is 45.1 Å². The molecule has 1 heterocycles. The molecule has 1 amide bonds. The van der Waals surface area contributed by atoms with Gasteiger partial charge in [-0.15, -0.1) is 0 Å². The number of hydrogen-bond donors (Lipinski definition) is 2. The van der Waals surface area contributed by atoms with Gasteiger partial charge in [0.1, 0.15) is 17.3 Å². The summed E-state index contributed by atoms with van der Waals surface area (Å²) in [4.78, 5) is 28.8. The lowest BCUT2D eigenvalue weighted by Crippen LogP contribution is -2.39. The van der Waals surface area contributed by atoms with Crippen molar-refractivity contribution < 1.29 is 18.4 Å². The zero-order valence-electron chi connectivity index (χ0n) is 20.1. The molecule has 2 aliphatic rings. The topological polar surface area (TPSA) is 61.4 Å². The summed E-state index contributed by atoms with van der Waals surface area (Å²) in [6.45, 7) is 5.84. The maximum Gasteiger partial charge on any atom is 0.254 e. The Morgan fingerprint density at radius 3 is 2.26 bits per heavy atom. The molecule has 0 bridgehead atoms. The number of benzene rings is 2. The smallest absolute Gasteiger partial charge is 0.254 e. The minimum Gasteiger partial charge on any atom is -0.378 e. The number of para-hydroxylation sites is 1. The number of anilines is 2. The number of carbonyl (C=O) groups excluding carboxylic acids is 2. The average molecular weight is 466 g/mol. The average Bonchev–Trinajstić information content (AvgIpc) is 2.74. The third kappa shape index (κ3) is 4.34. The Hall–Kier alpha value is -3.48. The summed E-state index contributed by atoms with van der Waals surface area (Å²) >= 11 is 0. The molecule has 1 atom stereocenters. The van der Waals surface area contributed by atoms with Crippen molar-refractivity contribution in [3.05, 3.63) is 82.2 Å². The SMILES string of the molecule is CC1=C(C(=O)Nc2c(F)cccc2F)[C@H](c2ccc(N(C)C)cc2)C2=C(CC(C)(C)CC2=O)N1. The first-order chi connectivity index (χ1) is 16.0. The van der Waals surface area contributed by atoms with Gasteiger partial charge in [-0.1, -0.05) is 32.0 Å². The molecule has 0 radical (unpaired) electrons. The highest BCUT2D eigenvalue weighted by atomic mass is 19.1. The second-order valence-electron chi connectivity index (χ2n) is 9.97. The summed E-state index contributed by atoms with van der Waals surface area (Å²) in [5.74, 6) is -3.06. The number of nitrogens with zero attached hydrogens (tertiary/aromatic N) is 1. The van der Waals surface area contributed by atoms with Crippen molar-refractivity contribution in [2.75, 3.05) is 24.3 Å². The zero-order chi connectivity index (χ0) is 24.8. The van der Waals surface area contributed by atoms with E-state index in [2.05, 4.69) is 10.6 Å². The fraction of sp³-hybridized carbons (Fsp3) is 0.333. The zero-order valence-corrected chi connectivity index (χ0v) is 20.1. The Kier molecular flexibility index (Phi) is 6.06. The van der Waals surface area contributed by atoms with E-state index in [1.165, 1.54) is 6.07 Å². The molecular formula is C27H29F2N3O2. The molecule has 0 saturated carbocycles. The molecule has 34 heavy (non-hydrogen) atoms. The standard InChI is InChI=1S/C27H29F2N3O2/c1-15-22(26(34)31-25-18(28)7-6-8-19(25)29)23(16-9-11-17(12-10-16)32(4)5)24-20(30-15)13-27(2,3)14-21(24)33/h6-12,23,30H,13-14H2,1-5H3,(H,31,34)/t23-/m0/s1. The molecule has 2 N–H and O–H groups in total. The van der Waals surface area contributed by atoms with Crippen LogP contribution in [0.3, 0.4) is 0 Å². The van der Waals surface area contributed by atoms with E-state index in [9.17, 15) is 18.4 Å². The molecular weight excluding hydrogens is 436 g/mol. The molecule has 2 aromatic carbocycles. The van der Waals surface area contributed by atoms with Gasteiger partial charge in [0.15, 0.2) is 5.78 Å². The van der Waals surface area contributed by atoms with E-state index in [4.69, 9.17) is 0 Å². The summed E-state index contributed by atoms with van der Waals surface area (Å²) < 4.78 is 28.6. The van der Waals surface area contributed by atoms with E-state index in [0.717, 1.165) is 29.1 Å². The van der Waals surface area contributed by atoms with Crippen molar-refractivity contribution in [3.8, 4) is 0 Å². The number of Topliss-reactive ketones (excluding diaryl/α,β-unsaturated/α-hetero) is 1. The first kappa shape index (κ1) is 23.7. The second kappa shape index (κ2) is 8.70. The van der Waals surface area contributed by atoms with Crippen LogP contribution in [-0.4, -0.2) is 25.8 Å². The summed E-state index contributed by atoms with van der Waals surface area (Å²) in [6, 6.07) is 11.1. The Morgan fingerprint density at radius 1 is 1.06 bits per heavy atom.